The molecule has 0 aromatic carbocycles. The van der Waals surface area contributed by atoms with Crippen molar-refractivity contribution in [2.75, 3.05) is 18.1 Å². The number of esters is 1. The number of aromatic nitrogens is 2. The second-order valence-electron chi connectivity index (χ2n) is 3.99. The third kappa shape index (κ3) is 3.46. The predicted molar refractivity (Wildman–Crippen MR) is 64.0 cm³/mol. The Morgan fingerprint density at radius 2 is 2.29 bits per heavy atom. The van der Waals surface area contributed by atoms with Gasteiger partial charge in [0.15, 0.2) is 0 Å². The Kier molecular flexibility index (Phi) is 4.42. The number of hydrogen-bond acceptors (Lipinski definition) is 6. The molecular weight excluding hydrogens is 240 g/mol. The molecule has 94 valence electrons. The van der Waals surface area contributed by atoms with E-state index in [2.05, 4.69) is 10.1 Å². The molecule has 0 N–H and O–H groups in total. The summed E-state index contributed by atoms with van der Waals surface area (Å²) in [5.74, 6) is 3.07. The van der Waals surface area contributed by atoms with Crippen LogP contribution in [0.4, 0.5) is 0 Å². The molecule has 1 aliphatic heterocycles. The predicted octanol–water partition coefficient (Wildman–Crippen LogP) is 1.93. The van der Waals surface area contributed by atoms with Crippen molar-refractivity contribution in [2.24, 2.45) is 5.92 Å². The summed E-state index contributed by atoms with van der Waals surface area (Å²) in [4.78, 5) is 15.4. The number of carbonyl (C=O) groups excluding carboxylic acids is 1. The van der Waals surface area contributed by atoms with Crippen LogP contribution >= 0.6 is 11.8 Å². The van der Waals surface area contributed by atoms with E-state index in [0.29, 0.717) is 18.4 Å². The number of hydrogen-bond donors (Lipinski definition) is 0. The molecule has 0 radical (unpaired) electrons. The van der Waals surface area contributed by atoms with Crippen LogP contribution in [0.3, 0.4) is 0 Å². The zero-order chi connectivity index (χ0) is 12.1. The summed E-state index contributed by atoms with van der Waals surface area (Å²) in [7, 11) is 0. The average Bonchev–Trinajstić information content (AvgIpc) is 2.79. The van der Waals surface area contributed by atoms with Crippen LogP contribution in [0.2, 0.25) is 0 Å². The lowest BCUT2D eigenvalue weighted by molar-refractivity contribution is 0.0508. The Bertz CT molecular complexity index is 375. The van der Waals surface area contributed by atoms with Gasteiger partial charge in [0.2, 0.25) is 5.89 Å². The van der Waals surface area contributed by atoms with E-state index in [1.54, 1.807) is 6.92 Å². The van der Waals surface area contributed by atoms with E-state index >= 15 is 0 Å². The number of thioether (sulfide) groups is 1. The fourth-order valence-electron chi connectivity index (χ4n) is 1.81. The molecule has 6 heteroatoms. The maximum Gasteiger partial charge on any atom is 0.379 e. The van der Waals surface area contributed by atoms with E-state index in [4.69, 9.17) is 9.26 Å². The molecular formula is C11H16N2O3S. The monoisotopic (exact) mass is 256 g/mol. The molecule has 0 spiro atoms. The van der Waals surface area contributed by atoms with E-state index in [-0.39, 0.29) is 5.82 Å². The maximum atomic E-state index is 11.3. The molecule has 0 atom stereocenters. The molecule has 2 rings (SSSR count). The molecule has 1 aromatic heterocycles. The van der Waals surface area contributed by atoms with Crippen molar-refractivity contribution in [3.63, 3.8) is 0 Å². The van der Waals surface area contributed by atoms with Gasteiger partial charge in [-0.3, -0.25) is 0 Å². The lowest BCUT2D eigenvalue weighted by Crippen LogP contribution is -2.12. The molecule has 0 saturated carbocycles. The van der Waals surface area contributed by atoms with E-state index in [9.17, 15) is 4.79 Å². The van der Waals surface area contributed by atoms with Gasteiger partial charge >= 0.3 is 5.97 Å². The lowest BCUT2D eigenvalue weighted by atomic mass is 9.99. The van der Waals surface area contributed by atoms with Crippen LogP contribution in [0.5, 0.6) is 0 Å². The quantitative estimate of drug-likeness (QED) is 0.767. The molecule has 1 aromatic rings. The van der Waals surface area contributed by atoms with Crippen molar-refractivity contribution in [1.29, 1.82) is 0 Å². The molecule has 17 heavy (non-hydrogen) atoms. The van der Waals surface area contributed by atoms with E-state index in [1.165, 1.54) is 24.3 Å². The van der Waals surface area contributed by atoms with Crippen LogP contribution in [0.1, 0.15) is 36.3 Å². The lowest BCUT2D eigenvalue weighted by Gasteiger charge is -2.19. The zero-order valence-electron chi connectivity index (χ0n) is 9.85. The van der Waals surface area contributed by atoms with Crippen LogP contribution in [-0.4, -0.2) is 34.2 Å². The Morgan fingerprint density at radius 3 is 3.00 bits per heavy atom. The minimum atomic E-state index is -0.512. The fourth-order valence-corrected chi connectivity index (χ4v) is 3.02. The Hall–Kier alpha value is -1.04. The third-order valence-electron chi connectivity index (χ3n) is 2.73. The van der Waals surface area contributed by atoms with E-state index < -0.39 is 5.97 Å². The SMILES string of the molecule is CCOC(=O)c1noc(CC2CCSCC2)n1. The first kappa shape index (κ1) is 12.4. The second kappa shape index (κ2) is 6.05. The average molecular weight is 256 g/mol. The first-order chi connectivity index (χ1) is 8.29. The minimum Gasteiger partial charge on any atom is -0.460 e. The van der Waals surface area contributed by atoms with Crippen molar-refractivity contribution in [3.05, 3.63) is 11.7 Å². The highest BCUT2D eigenvalue weighted by atomic mass is 32.2. The van der Waals surface area contributed by atoms with Gasteiger partial charge in [-0.15, -0.1) is 0 Å². The molecule has 1 fully saturated rings. The van der Waals surface area contributed by atoms with Crippen LogP contribution < -0.4 is 0 Å². The van der Waals surface area contributed by atoms with Gasteiger partial charge in [0.05, 0.1) is 6.61 Å². The molecule has 0 aliphatic carbocycles. The summed E-state index contributed by atoms with van der Waals surface area (Å²) in [6.45, 7) is 2.07. The van der Waals surface area contributed by atoms with Gasteiger partial charge in [0.1, 0.15) is 0 Å². The minimum absolute atomic E-state index is 0.0343. The van der Waals surface area contributed by atoms with Crippen LogP contribution in [0.15, 0.2) is 4.52 Å². The molecule has 0 bridgehead atoms. The second-order valence-corrected chi connectivity index (χ2v) is 5.22. The maximum absolute atomic E-state index is 11.3. The summed E-state index contributed by atoms with van der Waals surface area (Å²) in [6.07, 6.45) is 3.14. The normalized spacial score (nSPS) is 17.0. The summed E-state index contributed by atoms with van der Waals surface area (Å²) in [5.41, 5.74) is 0. The number of carbonyl (C=O) groups is 1. The van der Waals surface area contributed by atoms with Gasteiger partial charge in [-0.05, 0) is 42.3 Å². The first-order valence-electron chi connectivity index (χ1n) is 5.87. The van der Waals surface area contributed by atoms with Crippen LogP contribution in [-0.2, 0) is 11.2 Å². The van der Waals surface area contributed by atoms with Gasteiger partial charge in [-0.2, -0.15) is 16.7 Å². The highest BCUT2D eigenvalue weighted by Gasteiger charge is 2.20. The van der Waals surface area contributed by atoms with Crippen molar-refractivity contribution in [1.82, 2.24) is 10.1 Å². The molecule has 0 amide bonds. The van der Waals surface area contributed by atoms with Gasteiger partial charge in [0.25, 0.3) is 5.82 Å². The Balaban J connectivity index is 1.91. The van der Waals surface area contributed by atoms with Crippen LogP contribution in [0, 0.1) is 5.92 Å². The molecule has 0 unspecified atom stereocenters. The first-order valence-corrected chi connectivity index (χ1v) is 7.02. The van der Waals surface area contributed by atoms with Crippen molar-refractivity contribution < 1.29 is 14.1 Å². The number of ether oxygens (including phenoxy) is 1. The summed E-state index contributed by atoms with van der Waals surface area (Å²) < 4.78 is 9.87. The van der Waals surface area contributed by atoms with Gasteiger partial charge in [-0.25, -0.2) is 4.79 Å². The summed E-state index contributed by atoms with van der Waals surface area (Å²) in [6, 6.07) is 0. The molecule has 5 nitrogen and oxygen atoms in total. The van der Waals surface area contributed by atoms with Crippen molar-refractivity contribution in [2.45, 2.75) is 26.2 Å². The highest BCUT2D eigenvalue weighted by Crippen LogP contribution is 2.25. The highest BCUT2D eigenvalue weighted by molar-refractivity contribution is 7.99. The van der Waals surface area contributed by atoms with E-state index in [1.807, 2.05) is 11.8 Å². The number of rotatable bonds is 4. The van der Waals surface area contributed by atoms with Gasteiger partial charge in [0, 0.05) is 6.42 Å². The third-order valence-corrected chi connectivity index (χ3v) is 3.78. The summed E-state index contributed by atoms with van der Waals surface area (Å²) >= 11 is 1.99. The standard InChI is InChI=1S/C11H16N2O3S/c1-2-15-11(14)10-12-9(16-13-10)7-8-3-5-17-6-4-8/h8H,2-7H2,1H3. The molecule has 1 saturated heterocycles. The van der Waals surface area contributed by atoms with Crippen LogP contribution in [0.25, 0.3) is 0 Å². The largest absolute Gasteiger partial charge is 0.460 e. The van der Waals surface area contributed by atoms with Gasteiger partial charge < -0.3 is 9.26 Å². The zero-order valence-corrected chi connectivity index (χ0v) is 10.7. The molecule has 1 aliphatic rings. The topological polar surface area (TPSA) is 65.2 Å². The smallest absolute Gasteiger partial charge is 0.379 e. The fraction of sp³-hybridized carbons (Fsp3) is 0.727. The van der Waals surface area contributed by atoms with Crippen molar-refractivity contribution >= 4 is 17.7 Å². The Morgan fingerprint density at radius 1 is 1.53 bits per heavy atom. The molecule has 2 heterocycles. The number of nitrogens with zero attached hydrogens (tertiary/aromatic N) is 2. The van der Waals surface area contributed by atoms with Crippen molar-refractivity contribution in [3.8, 4) is 0 Å². The summed E-state index contributed by atoms with van der Waals surface area (Å²) in [5, 5.41) is 3.63. The Labute approximate surface area is 104 Å². The van der Waals surface area contributed by atoms with E-state index in [0.717, 1.165) is 6.42 Å². The van der Waals surface area contributed by atoms with Gasteiger partial charge in [-0.1, -0.05) is 0 Å².